The average molecular weight is 535 g/mol. The maximum Gasteiger partial charge on any atom is 0.254 e. The highest BCUT2D eigenvalue weighted by atomic mass is 35.5. The first-order valence-electron chi connectivity index (χ1n) is 12.8. The molecule has 0 heterocycles. The van der Waals surface area contributed by atoms with E-state index >= 15 is 0 Å². The van der Waals surface area contributed by atoms with Gasteiger partial charge in [-0.3, -0.25) is 4.79 Å². The average Bonchev–Trinajstić information content (AvgIpc) is 3.16. The Bertz CT molecular complexity index is 1220. The molecular weight excluding hydrogens is 502 g/mol. The summed E-state index contributed by atoms with van der Waals surface area (Å²) in [5.74, 6) is -3.19. The largest absolute Gasteiger partial charge is 0.335 e. The molecule has 4 nitrogen and oxygen atoms in total. The van der Waals surface area contributed by atoms with Gasteiger partial charge in [0.2, 0.25) is 5.91 Å². The smallest absolute Gasteiger partial charge is 0.254 e. The lowest BCUT2D eigenvalue weighted by molar-refractivity contribution is -0.139. The third kappa shape index (κ3) is 4.69. The zero-order valence-corrected chi connectivity index (χ0v) is 22.1. The van der Waals surface area contributed by atoms with Crippen LogP contribution in [0.1, 0.15) is 62.5 Å². The number of nitrogens with one attached hydrogen (secondary N) is 1. The third-order valence-electron chi connectivity index (χ3n) is 8.68. The standard InChI is InChI=1S/C28H33ClF2N2O2S/c1-19-5-11-23(12-6-19)36(32,35)25-4-2-3-24(25)26(34)33(17-20-7-9-21(29)10-8-20)22-13-15-27(16-14-22)18-28(27,30)31/h5-12,22,24-25,32H,2-4,13-18H2,1H3/t22?,24-,25-,27?,36-/m1/s1. The number of hydrogen-bond donors (Lipinski definition) is 1. The first-order chi connectivity index (χ1) is 17.0. The van der Waals surface area contributed by atoms with E-state index < -0.39 is 32.2 Å². The molecule has 3 aliphatic rings. The fraction of sp³-hybridized carbons (Fsp3) is 0.536. The molecule has 3 atom stereocenters. The predicted molar refractivity (Wildman–Crippen MR) is 138 cm³/mol. The zero-order chi connectivity index (χ0) is 25.7. The molecule has 1 N–H and O–H groups in total. The molecule has 194 valence electrons. The van der Waals surface area contributed by atoms with Crippen LogP contribution in [0.25, 0.3) is 0 Å². The van der Waals surface area contributed by atoms with Gasteiger partial charge in [0.25, 0.3) is 5.92 Å². The molecule has 3 fully saturated rings. The summed E-state index contributed by atoms with van der Waals surface area (Å²) in [6.45, 7) is 2.30. The van der Waals surface area contributed by atoms with Gasteiger partial charge in [-0.1, -0.05) is 47.9 Å². The van der Waals surface area contributed by atoms with Crippen molar-refractivity contribution in [2.45, 2.75) is 86.9 Å². The minimum atomic E-state index is -3.18. The molecule has 3 saturated carbocycles. The van der Waals surface area contributed by atoms with Gasteiger partial charge < -0.3 is 4.90 Å². The van der Waals surface area contributed by atoms with Crippen LogP contribution in [0.3, 0.4) is 0 Å². The van der Waals surface area contributed by atoms with Crippen LogP contribution >= 0.6 is 11.6 Å². The van der Waals surface area contributed by atoms with E-state index in [9.17, 15) is 17.8 Å². The van der Waals surface area contributed by atoms with Crippen molar-refractivity contribution >= 4 is 27.2 Å². The van der Waals surface area contributed by atoms with E-state index in [0.717, 1.165) is 17.5 Å². The van der Waals surface area contributed by atoms with Crippen molar-refractivity contribution in [3.8, 4) is 0 Å². The first-order valence-corrected chi connectivity index (χ1v) is 14.8. The Kier molecular flexibility index (Phi) is 6.69. The summed E-state index contributed by atoms with van der Waals surface area (Å²) in [5.41, 5.74) is 1.07. The Labute approximate surface area is 217 Å². The Morgan fingerprint density at radius 3 is 2.25 bits per heavy atom. The van der Waals surface area contributed by atoms with Crippen molar-refractivity contribution in [3.63, 3.8) is 0 Å². The van der Waals surface area contributed by atoms with Crippen LogP contribution in [0.5, 0.6) is 0 Å². The lowest BCUT2D eigenvalue weighted by Gasteiger charge is -2.39. The van der Waals surface area contributed by atoms with Crippen molar-refractivity contribution in [1.82, 2.24) is 4.90 Å². The number of nitrogens with zero attached hydrogens (tertiary/aromatic N) is 1. The number of carbonyl (C=O) groups is 1. The molecule has 0 aliphatic heterocycles. The second kappa shape index (κ2) is 9.39. The lowest BCUT2D eigenvalue weighted by atomic mass is 9.81. The fourth-order valence-corrected chi connectivity index (χ4v) is 8.53. The van der Waals surface area contributed by atoms with E-state index in [4.69, 9.17) is 16.4 Å². The van der Waals surface area contributed by atoms with Crippen LogP contribution in [0.15, 0.2) is 53.4 Å². The molecule has 5 rings (SSSR count). The topological polar surface area (TPSA) is 61.2 Å². The predicted octanol–water partition coefficient (Wildman–Crippen LogP) is 7.22. The van der Waals surface area contributed by atoms with Crippen LogP contribution in [0, 0.1) is 23.0 Å². The van der Waals surface area contributed by atoms with Gasteiger partial charge in [-0.05, 0) is 75.3 Å². The van der Waals surface area contributed by atoms with Crippen LogP contribution in [0.4, 0.5) is 8.78 Å². The van der Waals surface area contributed by atoms with Crippen molar-refractivity contribution in [2.24, 2.45) is 11.3 Å². The van der Waals surface area contributed by atoms with E-state index in [-0.39, 0.29) is 18.4 Å². The highest BCUT2D eigenvalue weighted by molar-refractivity contribution is 7.93. The van der Waals surface area contributed by atoms with Crippen molar-refractivity contribution in [2.75, 3.05) is 0 Å². The summed E-state index contributed by atoms with van der Waals surface area (Å²) < 4.78 is 50.7. The van der Waals surface area contributed by atoms with Crippen LogP contribution in [-0.2, 0) is 21.1 Å². The van der Waals surface area contributed by atoms with Crippen LogP contribution in [-0.4, -0.2) is 32.2 Å². The quantitative estimate of drug-likeness (QED) is 0.425. The Balaban J connectivity index is 1.40. The second-order valence-electron chi connectivity index (χ2n) is 11.0. The number of carbonyl (C=O) groups excluding carboxylic acids is 1. The Morgan fingerprint density at radius 1 is 1.06 bits per heavy atom. The van der Waals surface area contributed by atoms with E-state index in [1.807, 2.05) is 36.1 Å². The SMILES string of the molecule is Cc1ccc([S@@](=N)(=O)[C@@H]2CCC[C@H]2C(=O)N(Cc2ccc(Cl)cc2)C2CCC3(CC2)CC3(F)F)cc1. The fourth-order valence-electron chi connectivity index (χ4n) is 6.30. The van der Waals surface area contributed by atoms with Gasteiger partial charge in [0.15, 0.2) is 0 Å². The molecule has 2 aromatic rings. The van der Waals surface area contributed by atoms with Crippen molar-refractivity contribution < 1.29 is 17.8 Å². The van der Waals surface area contributed by atoms with Crippen LogP contribution < -0.4 is 0 Å². The number of rotatable bonds is 6. The van der Waals surface area contributed by atoms with Gasteiger partial charge in [-0.25, -0.2) is 17.8 Å². The van der Waals surface area contributed by atoms with Gasteiger partial charge in [-0.2, -0.15) is 0 Å². The molecule has 0 aromatic heterocycles. The molecule has 1 spiro atoms. The van der Waals surface area contributed by atoms with Gasteiger partial charge in [-0.15, -0.1) is 0 Å². The zero-order valence-electron chi connectivity index (χ0n) is 20.5. The number of hydrogen-bond acceptors (Lipinski definition) is 3. The summed E-state index contributed by atoms with van der Waals surface area (Å²) in [4.78, 5) is 16.4. The summed E-state index contributed by atoms with van der Waals surface area (Å²) >= 11 is 6.06. The van der Waals surface area contributed by atoms with Crippen molar-refractivity contribution in [3.05, 3.63) is 64.7 Å². The minimum absolute atomic E-state index is 0.0417. The van der Waals surface area contributed by atoms with Gasteiger partial charge >= 0.3 is 0 Å². The molecular formula is C28H33ClF2N2O2S. The van der Waals surface area contributed by atoms with Gasteiger partial charge in [0.05, 0.1) is 20.9 Å². The maximum absolute atomic E-state index is 14.1. The molecule has 3 aliphatic carbocycles. The van der Waals surface area contributed by atoms with Gasteiger partial charge in [0, 0.05) is 34.3 Å². The second-order valence-corrected chi connectivity index (χ2v) is 13.7. The Morgan fingerprint density at radius 2 is 1.67 bits per heavy atom. The van der Waals surface area contributed by atoms with E-state index in [0.29, 0.717) is 55.0 Å². The van der Waals surface area contributed by atoms with E-state index in [1.54, 1.807) is 24.3 Å². The molecule has 36 heavy (non-hydrogen) atoms. The summed E-state index contributed by atoms with van der Waals surface area (Å²) in [7, 11) is -3.18. The highest BCUT2D eigenvalue weighted by Crippen LogP contribution is 2.67. The molecule has 0 radical (unpaired) electrons. The van der Waals surface area contributed by atoms with E-state index in [1.165, 1.54) is 0 Å². The third-order valence-corrected chi connectivity index (χ3v) is 11.3. The number of benzene rings is 2. The summed E-state index contributed by atoms with van der Waals surface area (Å²) in [6, 6.07) is 14.4. The number of amides is 1. The monoisotopic (exact) mass is 534 g/mol. The molecule has 2 aromatic carbocycles. The molecule has 8 heteroatoms. The van der Waals surface area contributed by atoms with E-state index in [2.05, 4.69) is 0 Å². The molecule has 0 bridgehead atoms. The lowest BCUT2D eigenvalue weighted by Crippen LogP contribution is -2.47. The summed E-state index contributed by atoms with van der Waals surface area (Å²) in [6.07, 6.45) is 3.79. The van der Waals surface area contributed by atoms with Crippen molar-refractivity contribution in [1.29, 1.82) is 4.78 Å². The number of aryl methyl sites for hydroxylation is 1. The van der Waals surface area contributed by atoms with Gasteiger partial charge in [0.1, 0.15) is 0 Å². The summed E-state index contributed by atoms with van der Waals surface area (Å²) in [5, 5.41) is 0.0539. The molecule has 0 saturated heterocycles. The number of alkyl halides is 2. The first kappa shape index (κ1) is 25.7. The molecule has 0 unspecified atom stereocenters. The Hall–Kier alpha value is -1.99. The maximum atomic E-state index is 14.1. The number of halogens is 3. The van der Waals surface area contributed by atoms with Crippen LogP contribution in [0.2, 0.25) is 5.02 Å². The highest BCUT2D eigenvalue weighted by Gasteiger charge is 2.70. The minimum Gasteiger partial charge on any atom is -0.335 e. The molecule has 1 amide bonds. The normalized spacial score (nSPS) is 30.6.